The zero-order valence-electron chi connectivity index (χ0n) is 13.6. The number of amides is 2. The quantitative estimate of drug-likeness (QED) is 0.637. The van der Waals surface area contributed by atoms with Gasteiger partial charge >= 0.3 is 0 Å². The van der Waals surface area contributed by atoms with Crippen molar-refractivity contribution in [3.8, 4) is 0 Å². The molecular formula is C19H19N3O2S. The highest BCUT2D eigenvalue weighted by Gasteiger charge is 2.29. The van der Waals surface area contributed by atoms with Crippen molar-refractivity contribution < 1.29 is 9.59 Å². The van der Waals surface area contributed by atoms with E-state index in [9.17, 15) is 9.59 Å². The van der Waals surface area contributed by atoms with Gasteiger partial charge in [-0.1, -0.05) is 24.3 Å². The Morgan fingerprint density at radius 2 is 2.04 bits per heavy atom. The van der Waals surface area contributed by atoms with E-state index in [-0.39, 0.29) is 17.9 Å². The first-order valence-corrected chi connectivity index (χ1v) is 9.28. The van der Waals surface area contributed by atoms with Crippen LogP contribution in [0.5, 0.6) is 0 Å². The highest BCUT2D eigenvalue weighted by Crippen LogP contribution is 2.21. The van der Waals surface area contributed by atoms with E-state index in [2.05, 4.69) is 15.6 Å². The van der Waals surface area contributed by atoms with Crippen molar-refractivity contribution in [3.63, 3.8) is 0 Å². The molecule has 1 fully saturated rings. The Bertz CT molecular complexity index is 896. The normalized spacial score (nSPS) is 15.0. The van der Waals surface area contributed by atoms with Gasteiger partial charge in [-0.3, -0.25) is 9.59 Å². The average Bonchev–Trinajstić information content (AvgIpc) is 3.12. The van der Waals surface area contributed by atoms with Crippen LogP contribution in [-0.4, -0.2) is 28.9 Å². The smallest absolute Gasteiger partial charge is 0.262 e. The minimum atomic E-state index is -0.589. The Labute approximate surface area is 149 Å². The van der Waals surface area contributed by atoms with E-state index in [1.807, 2.05) is 41.9 Å². The van der Waals surface area contributed by atoms with Crippen LogP contribution >= 0.6 is 11.3 Å². The van der Waals surface area contributed by atoms with Crippen LogP contribution in [0.3, 0.4) is 0 Å². The van der Waals surface area contributed by atoms with E-state index in [4.69, 9.17) is 0 Å². The predicted molar refractivity (Wildman–Crippen MR) is 98.7 cm³/mol. The van der Waals surface area contributed by atoms with Crippen molar-refractivity contribution in [2.75, 3.05) is 0 Å². The summed E-state index contributed by atoms with van der Waals surface area (Å²) in [4.78, 5) is 28.9. The van der Waals surface area contributed by atoms with Gasteiger partial charge < -0.3 is 15.6 Å². The van der Waals surface area contributed by atoms with Crippen LogP contribution in [-0.2, 0) is 11.2 Å². The second-order valence-electron chi connectivity index (χ2n) is 6.35. The van der Waals surface area contributed by atoms with Gasteiger partial charge in [0.05, 0.1) is 4.88 Å². The summed E-state index contributed by atoms with van der Waals surface area (Å²) in [6.45, 7) is 0. The number of rotatable bonds is 6. The highest BCUT2D eigenvalue weighted by atomic mass is 32.1. The van der Waals surface area contributed by atoms with Crippen LogP contribution in [0.25, 0.3) is 10.9 Å². The lowest BCUT2D eigenvalue weighted by Gasteiger charge is -2.18. The third kappa shape index (κ3) is 3.58. The highest BCUT2D eigenvalue weighted by molar-refractivity contribution is 7.12. The summed E-state index contributed by atoms with van der Waals surface area (Å²) in [7, 11) is 0. The van der Waals surface area contributed by atoms with Gasteiger partial charge in [-0.05, 0) is 35.9 Å². The largest absolute Gasteiger partial charge is 0.361 e. The fraction of sp³-hybridized carbons (Fsp3) is 0.263. The Hall–Kier alpha value is -2.60. The summed E-state index contributed by atoms with van der Waals surface area (Å²) in [5, 5.41) is 8.84. The van der Waals surface area contributed by atoms with Gasteiger partial charge in [0.1, 0.15) is 6.04 Å². The zero-order chi connectivity index (χ0) is 17.2. The summed E-state index contributed by atoms with van der Waals surface area (Å²) in [6.07, 6.45) is 4.41. The zero-order valence-corrected chi connectivity index (χ0v) is 14.4. The number of benzene rings is 1. The first-order chi connectivity index (χ1) is 12.2. The Morgan fingerprint density at radius 3 is 2.80 bits per heavy atom. The van der Waals surface area contributed by atoms with Gasteiger partial charge in [0, 0.05) is 29.6 Å². The van der Waals surface area contributed by atoms with Gasteiger partial charge in [-0.25, -0.2) is 0 Å². The molecule has 2 aromatic heterocycles. The van der Waals surface area contributed by atoms with E-state index < -0.39 is 6.04 Å². The standard InChI is InChI=1S/C19H19N3O2S/c23-18(21-13-7-8-13)16(22-19(24)17-6-3-9-25-17)10-12-11-20-15-5-2-1-4-14(12)15/h1-6,9,11,13,16,20H,7-8,10H2,(H,21,23)(H,22,24). The van der Waals surface area contributed by atoms with E-state index in [0.29, 0.717) is 11.3 Å². The SMILES string of the molecule is O=C(NC(Cc1c[nH]c2ccccc12)C(=O)NC1CC1)c1cccs1. The number of aromatic amines is 1. The molecule has 4 rings (SSSR count). The maximum Gasteiger partial charge on any atom is 0.262 e. The van der Waals surface area contributed by atoms with Crippen molar-refractivity contribution in [2.24, 2.45) is 0 Å². The van der Waals surface area contributed by atoms with Gasteiger partial charge in [0.25, 0.3) is 5.91 Å². The first kappa shape index (κ1) is 15.9. The fourth-order valence-corrected chi connectivity index (χ4v) is 3.52. The third-order valence-electron chi connectivity index (χ3n) is 4.39. The Balaban J connectivity index is 1.55. The lowest BCUT2D eigenvalue weighted by molar-refractivity contribution is -0.123. The molecule has 2 amide bonds. The number of fused-ring (bicyclic) bond motifs is 1. The minimum absolute atomic E-state index is 0.113. The molecule has 25 heavy (non-hydrogen) atoms. The molecule has 5 nitrogen and oxygen atoms in total. The predicted octanol–water partition coefficient (Wildman–Crippen LogP) is 2.85. The Morgan fingerprint density at radius 1 is 1.20 bits per heavy atom. The number of carbonyl (C=O) groups is 2. The van der Waals surface area contributed by atoms with Gasteiger partial charge in [0.2, 0.25) is 5.91 Å². The molecule has 1 atom stereocenters. The molecule has 1 aromatic carbocycles. The van der Waals surface area contributed by atoms with Gasteiger partial charge in [0.15, 0.2) is 0 Å². The van der Waals surface area contributed by atoms with Crippen molar-refractivity contribution in [2.45, 2.75) is 31.3 Å². The minimum Gasteiger partial charge on any atom is -0.361 e. The molecule has 0 aliphatic heterocycles. The van der Waals surface area contributed by atoms with Crippen molar-refractivity contribution >= 4 is 34.1 Å². The molecule has 6 heteroatoms. The number of nitrogens with one attached hydrogen (secondary N) is 3. The number of hydrogen-bond acceptors (Lipinski definition) is 3. The van der Waals surface area contributed by atoms with Crippen molar-refractivity contribution in [1.82, 2.24) is 15.6 Å². The van der Waals surface area contributed by atoms with E-state index >= 15 is 0 Å². The summed E-state index contributed by atoms with van der Waals surface area (Å²) >= 11 is 1.37. The molecule has 1 aliphatic rings. The molecule has 128 valence electrons. The lowest BCUT2D eigenvalue weighted by Crippen LogP contribution is -2.48. The molecular weight excluding hydrogens is 334 g/mol. The second kappa shape index (κ2) is 6.72. The van der Waals surface area contributed by atoms with E-state index in [1.54, 1.807) is 6.07 Å². The number of H-pyrrole nitrogens is 1. The summed E-state index contributed by atoms with van der Waals surface area (Å²) < 4.78 is 0. The van der Waals surface area contributed by atoms with Gasteiger partial charge in [-0.15, -0.1) is 11.3 Å². The topological polar surface area (TPSA) is 74.0 Å². The van der Waals surface area contributed by atoms with Crippen LogP contribution in [0, 0.1) is 0 Å². The maximum absolute atomic E-state index is 12.6. The monoisotopic (exact) mass is 353 g/mol. The van der Waals surface area contributed by atoms with Crippen LogP contribution in [0.1, 0.15) is 28.1 Å². The van der Waals surface area contributed by atoms with Crippen LogP contribution in [0.2, 0.25) is 0 Å². The van der Waals surface area contributed by atoms with Crippen molar-refractivity contribution in [3.05, 3.63) is 58.4 Å². The maximum atomic E-state index is 12.6. The molecule has 2 heterocycles. The Kier molecular flexibility index (Phi) is 4.28. The molecule has 0 bridgehead atoms. The molecule has 1 aliphatic carbocycles. The second-order valence-corrected chi connectivity index (χ2v) is 7.30. The number of hydrogen-bond donors (Lipinski definition) is 3. The third-order valence-corrected chi connectivity index (χ3v) is 5.26. The summed E-state index contributed by atoms with van der Waals surface area (Å²) in [5.74, 6) is -0.316. The number of para-hydroxylation sites is 1. The lowest BCUT2D eigenvalue weighted by atomic mass is 10.0. The van der Waals surface area contributed by atoms with Crippen LogP contribution in [0.15, 0.2) is 48.0 Å². The molecule has 1 unspecified atom stereocenters. The molecule has 3 aromatic rings. The van der Waals surface area contributed by atoms with Crippen molar-refractivity contribution in [1.29, 1.82) is 0 Å². The molecule has 3 N–H and O–H groups in total. The fourth-order valence-electron chi connectivity index (χ4n) is 2.90. The van der Waals surface area contributed by atoms with E-state index in [1.165, 1.54) is 11.3 Å². The average molecular weight is 353 g/mol. The number of aromatic nitrogens is 1. The molecule has 0 radical (unpaired) electrons. The molecule has 0 saturated heterocycles. The van der Waals surface area contributed by atoms with E-state index in [0.717, 1.165) is 29.3 Å². The number of carbonyl (C=O) groups excluding carboxylic acids is 2. The van der Waals surface area contributed by atoms with Gasteiger partial charge in [-0.2, -0.15) is 0 Å². The van der Waals surface area contributed by atoms with Crippen LogP contribution in [0.4, 0.5) is 0 Å². The summed E-state index contributed by atoms with van der Waals surface area (Å²) in [5.41, 5.74) is 2.06. The summed E-state index contributed by atoms with van der Waals surface area (Å²) in [6, 6.07) is 11.2. The number of thiophene rings is 1. The molecule has 0 spiro atoms. The van der Waals surface area contributed by atoms with Crippen LogP contribution < -0.4 is 10.6 Å². The molecule has 1 saturated carbocycles. The first-order valence-electron chi connectivity index (χ1n) is 8.40.